The van der Waals surface area contributed by atoms with Crippen LogP contribution in [0.25, 0.3) is 0 Å². The predicted octanol–water partition coefficient (Wildman–Crippen LogP) is 5.06. The molecule has 202 valence electrons. The van der Waals surface area contributed by atoms with E-state index in [0.717, 1.165) is 49.2 Å². The molecule has 37 heavy (non-hydrogen) atoms. The third-order valence-corrected chi connectivity index (χ3v) is 9.88. The number of amides is 1. The molecule has 0 radical (unpaired) electrons. The van der Waals surface area contributed by atoms with E-state index in [1.165, 1.54) is 11.3 Å². The molecule has 1 unspecified atom stereocenters. The minimum atomic E-state index is -4.45. The Balaban J connectivity index is 1.23. The van der Waals surface area contributed by atoms with Gasteiger partial charge in [0.05, 0.1) is 21.4 Å². The number of hydrogen-bond donors (Lipinski definition) is 2. The maximum absolute atomic E-state index is 13.9. The number of nitrogens with one attached hydrogen (secondary N) is 1. The lowest BCUT2D eigenvalue weighted by Gasteiger charge is -2.40. The second-order valence-corrected chi connectivity index (χ2v) is 12.3. The van der Waals surface area contributed by atoms with Gasteiger partial charge >= 0.3 is 6.18 Å². The maximum Gasteiger partial charge on any atom is 0.417 e. The largest absolute Gasteiger partial charge is 0.417 e. The predicted molar refractivity (Wildman–Crippen MR) is 135 cm³/mol. The lowest BCUT2D eigenvalue weighted by molar-refractivity contribution is -0.146. The van der Waals surface area contributed by atoms with Crippen LogP contribution in [0, 0.1) is 11.3 Å². The summed E-state index contributed by atoms with van der Waals surface area (Å²) in [4.78, 5) is 24.8. The number of rotatable bonds is 5. The highest BCUT2D eigenvalue weighted by molar-refractivity contribution is 7.09. The summed E-state index contributed by atoms with van der Waals surface area (Å²) in [7, 11) is 0. The van der Waals surface area contributed by atoms with Gasteiger partial charge in [-0.05, 0) is 62.5 Å². The average Bonchev–Trinajstić information content (AvgIpc) is 3.56. The molecule has 0 aromatic carbocycles. The number of carbonyl (C=O) groups is 1. The van der Waals surface area contributed by atoms with Crippen molar-refractivity contribution in [3.63, 3.8) is 0 Å². The lowest BCUT2D eigenvalue weighted by Crippen LogP contribution is -2.49. The summed E-state index contributed by atoms with van der Waals surface area (Å²) in [6.45, 7) is 4.82. The smallest absolute Gasteiger partial charge is 0.384 e. The number of hydrogen-bond acceptors (Lipinski definition) is 6. The average molecular weight is 537 g/mol. The Hall–Kier alpha value is -2.04. The molecule has 1 aliphatic heterocycles. The van der Waals surface area contributed by atoms with E-state index in [4.69, 9.17) is 0 Å². The molecule has 0 bridgehead atoms. The van der Waals surface area contributed by atoms with Crippen molar-refractivity contribution < 1.29 is 23.1 Å². The number of aliphatic hydroxyl groups is 1. The lowest BCUT2D eigenvalue weighted by atomic mass is 9.73. The Morgan fingerprint density at radius 3 is 2.57 bits per heavy atom. The van der Waals surface area contributed by atoms with Crippen LogP contribution in [0.15, 0.2) is 24.0 Å². The van der Waals surface area contributed by atoms with Gasteiger partial charge in [-0.3, -0.25) is 14.8 Å². The van der Waals surface area contributed by atoms with Crippen molar-refractivity contribution in [3.05, 3.63) is 45.7 Å². The maximum atomic E-state index is 13.9. The molecule has 2 aliphatic carbocycles. The Labute approximate surface area is 219 Å². The molecule has 1 amide bonds. The van der Waals surface area contributed by atoms with E-state index in [9.17, 15) is 23.1 Å². The molecule has 0 saturated heterocycles. The van der Waals surface area contributed by atoms with Crippen molar-refractivity contribution in [2.24, 2.45) is 11.3 Å². The molecule has 2 fully saturated rings. The highest BCUT2D eigenvalue weighted by Crippen LogP contribution is 2.47. The number of pyridine rings is 1. The molecule has 3 heterocycles. The van der Waals surface area contributed by atoms with E-state index < -0.39 is 22.8 Å². The van der Waals surface area contributed by atoms with Gasteiger partial charge in [-0.15, -0.1) is 11.3 Å². The number of halogens is 3. The van der Waals surface area contributed by atoms with Crippen LogP contribution >= 0.6 is 11.3 Å². The molecule has 10 heteroatoms. The van der Waals surface area contributed by atoms with Gasteiger partial charge in [-0.1, -0.05) is 13.8 Å². The molecule has 2 N–H and O–H groups in total. The first-order valence-corrected chi connectivity index (χ1v) is 14.1. The third-order valence-electron chi connectivity index (χ3n) is 8.91. The van der Waals surface area contributed by atoms with Gasteiger partial charge in [0.25, 0.3) is 0 Å². The van der Waals surface area contributed by atoms with E-state index in [-0.39, 0.29) is 24.4 Å². The van der Waals surface area contributed by atoms with Crippen LogP contribution in [0.4, 0.5) is 13.2 Å². The Kier molecular flexibility index (Phi) is 7.13. The molecule has 3 aliphatic rings. The van der Waals surface area contributed by atoms with Crippen LogP contribution in [0.5, 0.6) is 0 Å². The van der Waals surface area contributed by atoms with Gasteiger partial charge < -0.3 is 15.3 Å². The quantitative estimate of drug-likeness (QED) is 0.559. The van der Waals surface area contributed by atoms with Gasteiger partial charge in [-0.25, -0.2) is 0 Å². The summed E-state index contributed by atoms with van der Waals surface area (Å²) in [6.07, 6.45) is 4.17. The Morgan fingerprint density at radius 1 is 1.19 bits per heavy atom. The van der Waals surface area contributed by atoms with Gasteiger partial charge in [0, 0.05) is 49.7 Å². The zero-order valence-corrected chi connectivity index (χ0v) is 22.2. The van der Waals surface area contributed by atoms with Crippen molar-refractivity contribution in [2.75, 3.05) is 6.54 Å². The van der Waals surface area contributed by atoms with Crippen LogP contribution in [0.3, 0.4) is 0 Å². The Morgan fingerprint density at radius 2 is 1.92 bits per heavy atom. The Bertz CT molecular complexity index is 1120. The summed E-state index contributed by atoms with van der Waals surface area (Å²) in [5.74, 6) is 0.175. The highest BCUT2D eigenvalue weighted by atomic mass is 32.1. The summed E-state index contributed by atoms with van der Waals surface area (Å²) in [5.41, 5.74) is 0.818. The summed E-state index contributed by atoms with van der Waals surface area (Å²) in [6, 6.07) is 1.66. The van der Waals surface area contributed by atoms with Crippen molar-refractivity contribution in [1.82, 2.24) is 20.2 Å². The topological polar surface area (TPSA) is 78.4 Å². The molecule has 2 aromatic rings. The standard InChI is InChI=1S/C27H35F3N4O2S/c1-17(2)25(24(35)34-10-6-22-18(15-34)11-19(13-32-22)27(28,29)30)7-3-21(12-25)33-20-4-8-26(36,9-5-20)23-14-31-16-37-23/h11,13-14,16-17,20-21,33,36H,3-10,12,15H2,1-2H3/t20?,21-,25?,26?/m1/s1. The van der Waals surface area contributed by atoms with Crippen molar-refractivity contribution in [2.45, 2.75) is 95.6 Å². The fourth-order valence-electron chi connectivity index (χ4n) is 6.54. The van der Waals surface area contributed by atoms with E-state index in [1.54, 1.807) is 16.6 Å². The van der Waals surface area contributed by atoms with Crippen LogP contribution in [-0.2, 0) is 29.5 Å². The molecule has 2 saturated carbocycles. The van der Waals surface area contributed by atoms with Crippen LogP contribution in [0.1, 0.15) is 80.5 Å². The second-order valence-electron chi connectivity index (χ2n) is 11.4. The zero-order chi connectivity index (χ0) is 26.4. The molecule has 2 aromatic heterocycles. The fourth-order valence-corrected chi connectivity index (χ4v) is 7.32. The fraction of sp³-hybridized carbons (Fsp3) is 0.667. The number of nitrogens with zero attached hydrogens (tertiary/aromatic N) is 3. The first kappa shape index (κ1) is 26.6. The first-order chi connectivity index (χ1) is 17.5. The van der Waals surface area contributed by atoms with Crippen molar-refractivity contribution in [1.29, 1.82) is 0 Å². The van der Waals surface area contributed by atoms with E-state index in [1.807, 2.05) is 0 Å². The molecule has 5 rings (SSSR count). The molecule has 0 spiro atoms. The van der Waals surface area contributed by atoms with Gasteiger partial charge in [0.1, 0.15) is 5.60 Å². The molecule has 6 nitrogen and oxygen atoms in total. The number of carbonyl (C=O) groups excluding carboxylic acids is 1. The van der Waals surface area contributed by atoms with Crippen LogP contribution in [0.2, 0.25) is 0 Å². The van der Waals surface area contributed by atoms with Crippen molar-refractivity contribution in [3.8, 4) is 0 Å². The van der Waals surface area contributed by atoms with E-state index >= 15 is 0 Å². The SMILES string of the molecule is CC(C)C1(C(=O)N2CCc3ncc(C(F)(F)F)cc3C2)CC[C@@H](NC2CCC(O)(c3cncs3)CC2)C1. The van der Waals surface area contributed by atoms with Gasteiger partial charge in [-0.2, -0.15) is 13.2 Å². The number of thiazole rings is 1. The van der Waals surface area contributed by atoms with Crippen LogP contribution in [-0.4, -0.2) is 44.5 Å². The minimum Gasteiger partial charge on any atom is -0.384 e. The van der Waals surface area contributed by atoms with Gasteiger partial charge in [0.2, 0.25) is 5.91 Å². The first-order valence-electron chi connectivity index (χ1n) is 13.2. The monoisotopic (exact) mass is 536 g/mol. The molecular formula is C27H35F3N4O2S. The number of alkyl halides is 3. The van der Waals surface area contributed by atoms with Gasteiger partial charge in [0.15, 0.2) is 0 Å². The normalized spacial score (nSPS) is 30.5. The summed E-state index contributed by atoms with van der Waals surface area (Å²) in [5, 5.41) is 14.8. The highest BCUT2D eigenvalue weighted by Gasteiger charge is 2.50. The minimum absolute atomic E-state index is 0.0538. The molecular weight excluding hydrogens is 501 g/mol. The summed E-state index contributed by atoms with van der Waals surface area (Å²) >= 11 is 1.50. The van der Waals surface area contributed by atoms with E-state index in [2.05, 4.69) is 29.1 Å². The number of aromatic nitrogens is 2. The molecule has 2 atom stereocenters. The van der Waals surface area contributed by atoms with Crippen molar-refractivity contribution >= 4 is 17.2 Å². The summed E-state index contributed by atoms with van der Waals surface area (Å²) < 4.78 is 39.7. The number of fused-ring (bicyclic) bond motifs is 1. The second kappa shape index (κ2) is 9.93. The zero-order valence-electron chi connectivity index (χ0n) is 21.4. The van der Waals surface area contributed by atoms with Crippen LogP contribution < -0.4 is 5.32 Å². The third kappa shape index (κ3) is 5.16. The van der Waals surface area contributed by atoms with E-state index in [0.29, 0.717) is 43.1 Å².